The van der Waals surface area contributed by atoms with E-state index in [1.165, 1.54) is 6.92 Å². The Morgan fingerprint density at radius 1 is 1.08 bits per heavy atom. The number of hydrogen-bond donors (Lipinski definition) is 0. The fourth-order valence-corrected chi connectivity index (χ4v) is 1.85. The molecule has 2 aromatic rings. The van der Waals surface area contributed by atoms with E-state index in [0.29, 0.717) is 11.5 Å². The number of hydrogen-bond acceptors (Lipinski definition) is 5. The maximum atomic E-state index is 12.0. The summed E-state index contributed by atoms with van der Waals surface area (Å²) in [5.41, 5.74) is 9.63. The van der Waals surface area contributed by atoms with Crippen molar-refractivity contribution in [3.8, 4) is 11.5 Å². The summed E-state index contributed by atoms with van der Waals surface area (Å²) >= 11 is 0. The maximum absolute atomic E-state index is 12.0. The second-order valence-electron chi connectivity index (χ2n) is 4.95. The summed E-state index contributed by atoms with van der Waals surface area (Å²) in [6.07, 6.45) is 0. The van der Waals surface area contributed by atoms with Gasteiger partial charge in [-0.15, -0.1) is 0 Å². The summed E-state index contributed by atoms with van der Waals surface area (Å²) in [6, 6.07) is 15.9. The zero-order chi connectivity index (χ0) is 18.1. The number of nitrogens with zero attached hydrogens (tertiary/aromatic N) is 3. The van der Waals surface area contributed by atoms with Gasteiger partial charge in [-0.05, 0) is 36.8 Å². The molecule has 0 saturated carbocycles. The number of carbonyl (C=O) groups is 1. The molecule has 0 heterocycles. The van der Waals surface area contributed by atoms with Crippen LogP contribution in [-0.2, 0) is 16.1 Å². The van der Waals surface area contributed by atoms with Crippen LogP contribution in [0.1, 0.15) is 12.5 Å². The molecule has 0 spiro atoms. The average molecular weight is 339 g/mol. The lowest BCUT2D eigenvalue weighted by Crippen LogP contribution is -2.26. The highest BCUT2D eigenvalue weighted by Gasteiger charge is 2.26. The molecule has 128 valence electrons. The number of benzene rings is 2. The molecule has 2 aromatic carbocycles. The predicted octanol–water partition coefficient (Wildman–Crippen LogP) is 2.86. The van der Waals surface area contributed by atoms with E-state index in [-0.39, 0.29) is 18.0 Å². The van der Waals surface area contributed by atoms with Gasteiger partial charge in [0.2, 0.25) is 0 Å². The molecule has 0 amide bonds. The van der Waals surface area contributed by atoms with Crippen LogP contribution in [-0.4, -0.2) is 29.3 Å². The highest BCUT2D eigenvalue weighted by molar-refractivity contribution is 6.63. The van der Waals surface area contributed by atoms with Crippen molar-refractivity contribution in [1.29, 1.82) is 0 Å². The Balaban J connectivity index is 1.97. The maximum Gasteiger partial charge on any atom is 0.424 e. The van der Waals surface area contributed by atoms with Crippen molar-refractivity contribution >= 4 is 17.4 Å². The van der Waals surface area contributed by atoms with Gasteiger partial charge < -0.3 is 19.8 Å². The third-order valence-corrected chi connectivity index (χ3v) is 3.20. The quantitative estimate of drug-likeness (QED) is 0.255. The Hall–Kier alpha value is -3.44. The highest BCUT2D eigenvalue weighted by Crippen LogP contribution is 2.17. The minimum atomic E-state index is -0.800. The fraction of sp³-hybridized carbons (Fsp3) is 0.167. The van der Waals surface area contributed by atoms with Gasteiger partial charge in [0.25, 0.3) is 0 Å². The number of esters is 1. The normalized spacial score (nSPS) is 10.6. The zero-order valence-corrected chi connectivity index (χ0v) is 13.9. The van der Waals surface area contributed by atoms with Crippen molar-refractivity contribution in [1.82, 2.24) is 0 Å². The van der Waals surface area contributed by atoms with Crippen LogP contribution in [0, 0.1) is 0 Å². The van der Waals surface area contributed by atoms with Crippen molar-refractivity contribution in [3.05, 3.63) is 65.7 Å². The van der Waals surface area contributed by atoms with Crippen molar-refractivity contribution in [3.63, 3.8) is 0 Å². The Morgan fingerprint density at radius 2 is 1.72 bits per heavy atom. The first kappa shape index (κ1) is 17.9. The molecule has 0 aliphatic carbocycles. The van der Waals surface area contributed by atoms with Crippen LogP contribution >= 0.6 is 0 Å². The molecule has 0 atom stereocenters. The average Bonchev–Trinajstić information content (AvgIpc) is 2.66. The van der Waals surface area contributed by atoms with E-state index in [0.717, 1.165) is 5.56 Å². The molecule has 0 bridgehead atoms. The van der Waals surface area contributed by atoms with Crippen LogP contribution in [0.4, 0.5) is 0 Å². The van der Waals surface area contributed by atoms with E-state index in [4.69, 9.17) is 19.8 Å². The van der Waals surface area contributed by atoms with E-state index < -0.39 is 5.97 Å². The molecular weight excluding hydrogens is 322 g/mol. The largest absolute Gasteiger partial charge is 0.497 e. The minimum Gasteiger partial charge on any atom is -0.497 e. The molecule has 0 aliphatic rings. The molecule has 0 fully saturated rings. The molecule has 0 unspecified atom stereocenters. The number of ether oxygens (including phenoxy) is 2. The van der Waals surface area contributed by atoms with E-state index in [2.05, 4.69) is 9.95 Å². The van der Waals surface area contributed by atoms with Crippen molar-refractivity contribution < 1.29 is 23.9 Å². The second kappa shape index (κ2) is 9.00. The first-order valence-corrected chi connectivity index (χ1v) is 7.43. The summed E-state index contributed by atoms with van der Waals surface area (Å²) in [6.45, 7) is 1.54. The van der Waals surface area contributed by atoms with Gasteiger partial charge in [0, 0.05) is 0 Å². The first-order valence-electron chi connectivity index (χ1n) is 7.43. The summed E-state index contributed by atoms with van der Waals surface area (Å²) in [7, 11) is 1.56. The number of methoxy groups -OCH3 is 1. The summed E-state index contributed by atoms with van der Waals surface area (Å²) < 4.78 is 10.1. The van der Waals surface area contributed by atoms with Gasteiger partial charge in [-0.2, -0.15) is 4.79 Å². The van der Waals surface area contributed by atoms with E-state index in [1.807, 2.05) is 30.3 Å². The Kier molecular flexibility index (Phi) is 6.45. The molecule has 0 aliphatic heterocycles. The van der Waals surface area contributed by atoms with Crippen molar-refractivity contribution in [2.45, 2.75) is 13.5 Å². The topological polar surface area (TPSA) is 93.5 Å². The van der Waals surface area contributed by atoms with Crippen LogP contribution in [0.2, 0.25) is 0 Å². The highest BCUT2D eigenvalue weighted by atomic mass is 16.6. The lowest BCUT2D eigenvalue weighted by Gasteiger charge is -2.03. The van der Waals surface area contributed by atoms with Gasteiger partial charge in [-0.3, -0.25) is 0 Å². The van der Waals surface area contributed by atoms with Gasteiger partial charge in [-0.25, -0.2) is 4.79 Å². The predicted molar refractivity (Wildman–Crippen MR) is 91.6 cm³/mol. The fourth-order valence-electron chi connectivity index (χ4n) is 1.85. The Bertz CT molecular complexity index is 795. The van der Waals surface area contributed by atoms with Crippen LogP contribution in [0.25, 0.3) is 5.53 Å². The smallest absolute Gasteiger partial charge is 0.424 e. The lowest BCUT2D eigenvalue weighted by molar-refractivity contribution is -0.140. The second-order valence-corrected chi connectivity index (χ2v) is 4.95. The van der Waals surface area contributed by atoms with Crippen LogP contribution in [0.3, 0.4) is 0 Å². The number of rotatable bonds is 7. The molecule has 0 aromatic heterocycles. The van der Waals surface area contributed by atoms with Gasteiger partial charge >= 0.3 is 11.7 Å². The molecule has 0 N–H and O–H groups in total. The molecule has 2 rings (SSSR count). The van der Waals surface area contributed by atoms with E-state index >= 15 is 0 Å². The SMILES string of the molecule is COc1ccc(O/N=C(\C)C(=[N+]=[N-])C(=O)OCc2ccccc2)cc1. The van der Waals surface area contributed by atoms with Gasteiger partial charge in [0.15, 0.2) is 11.5 Å². The van der Waals surface area contributed by atoms with E-state index in [1.54, 1.807) is 31.4 Å². The first-order chi connectivity index (χ1) is 12.1. The number of carbonyl (C=O) groups excluding carboxylic acids is 1. The number of oxime groups is 1. The molecule has 7 nitrogen and oxygen atoms in total. The molecular formula is C18H17N3O4. The third-order valence-electron chi connectivity index (χ3n) is 3.20. The van der Waals surface area contributed by atoms with Gasteiger partial charge in [0.1, 0.15) is 12.4 Å². The standard InChI is InChI=1S/C18H17N3O4/c1-13(21-25-16-10-8-15(23-2)9-11-16)17(20-19)18(22)24-12-14-6-4-3-5-7-14/h3-11H,12H2,1-2H3/b21-13+. The van der Waals surface area contributed by atoms with Crippen LogP contribution in [0.5, 0.6) is 11.5 Å². The summed E-state index contributed by atoms with van der Waals surface area (Å²) in [5, 5.41) is 3.78. The van der Waals surface area contributed by atoms with Crippen LogP contribution < -0.4 is 9.57 Å². The zero-order valence-electron chi connectivity index (χ0n) is 13.9. The summed E-state index contributed by atoms with van der Waals surface area (Å²) in [4.78, 5) is 20.2. The Morgan fingerprint density at radius 3 is 2.32 bits per heavy atom. The van der Waals surface area contributed by atoms with Gasteiger partial charge in [-0.1, -0.05) is 35.5 Å². The van der Waals surface area contributed by atoms with Crippen molar-refractivity contribution in [2.24, 2.45) is 5.16 Å². The molecule has 0 radical (unpaired) electrons. The van der Waals surface area contributed by atoms with Gasteiger partial charge in [0.05, 0.1) is 7.11 Å². The molecule has 25 heavy (non-hydrogen) atoms. The lowest BCUT2D eigenvalue weighted by atomic mass is 10.2. The molecule has 7 heteroatoms. The molecule has 0 saturated heterocycles. The Labute approximate surface area is 145 Å². The van der Waals surface area contributed by atoms with E-state index in [9.17, 15) is 4.79 Å². The third kappa shape index (κ3) is 5.30. The minimum absolute atomic E-state index is 0.0608. The van der Waals surface area contributed by atoms with Crippen LogP contribution in [0.15, 0.2) is 59.8 Å². The van der Waals surface area contributed by atoms with Crippen molar-refractivity contribution in [2.75, 3.05) is 7.11 Å². The monoisotopic (exact) mass is 339 g/mol. The summed E-state index contributed by atoms with van der Waals surface area (Å²) in [5.74, 6) is 0.316.